The summed E-state index contributed by atoms with van der Waals surface area (Å²) in [5, 5.41) is 9.34. The molecule has 0 saturated heterocycles. The Labute approximate surface area is 178 Å². The molecule has 0 radical (unpaired) electrons. The van der Waals surface area contributed by atoms with Crippen LogP contribution in [0.4, 0.5) is 5.69 Å². The fourth-order valence-electron chi connectivity index (χ4n) is 3.88. The Morgan fingerprint density at radius 3 is 2.67 bits per heavy atom. The van der Waals surface area contributed by atoms with Crippen LogP contribution in [-0.4, -0.2) is 32.5 Å². The molecule has 0 bridgehead atoms. The summed E-state index contributed by atoms with van der Waals surface area (Å²) in [6.07, 6.45) is 2.50. The molecule has 1 aliphatic heterocycles. The van der Waals surface area contributed by atoms with E-state index in [0.29, 0.717) is 16.7 Å². The van der Waals surface area contributed by atoms with Gasteiger partial charge in [-0.2, -0.15) is 0 Å². The maximum Gasteiger partial charge on any atom is 0.237 e. The van der Waals surface area contributed by atoms with Crippen LogP contribution in [0.5, 0.6) is 0 Å². The molecule has 0 saturated carbocycles. The zero-order valence-electron chi connectivity index (χ0n) is 16.4. The molecule has 0 unspecified atom stereocenters. The van der Waals surface area contributed by atoms with E-state index < -0.39 is 0 Å². The van der Waals surface area contributed by atoms with E-state index in [1.54, 1.807) is 6.26 Å². The molecular formula is C23H20N4O2S. The lowest BCUT2D eigenvalue weighted by Gasteiger charge is -2.22. The van der Waals surface area contributed by atoms with Gasteiger partial charge in [0.15, 0.2) is 10.9 Å². The van der Waals surface area contributed by atoms with E-state index in [0.717, 1.165) is 17.8 Å². The van der Waals surface area contributed by atoms with Crippen molar-refractivity contribution in [1.29, 1.82) is 0 Å². The average Bonchev–Trinajstić information content (AvgIpc) is 3.50. The number of fused-ring (bicyclic) bond motifs is 1. The number of anilines is 1. The van der Waals surface area contributed by atoms with Crippen molar-refractivity contribution in [2.24, 2.45) is 0 Å². The van der Waals surface area contributed by atoms with Crippen LogP contribution in [0, 0.1) is 0 Å². The minimum atomic E-state index is 0.0691. The van der Waals surface area contributed by atoms with Crippen LogP contribution in [0.15, 0.2) is 82.6 Å². The summed E-state index contributed by atoms with van der Waals surface area (Å²) in [6.45, 7) is 2.09. The number of thioether (sulfide) groups is 1. The van der Waals surface area contributed by atoms with Crippen molar-refractivity contribution in [1.82, 2.24) is 14.8 Å². The number of nitrogens with zero attached hydrogens (tertiary/aromatic N) is 4. The van der Waals surface area contributed by atoms with E-state index in [2.05, 4.69) is 23.2 Å². The van der Waals surface area contributed by atoms with Crippen molar-refractivity contribution in [2.45, 2.75) is 24.5 Å². The van der Waals surface area contributed by atoms with Gasteiger partial charge in [-0.05, 0) is 49.2 Å². The number of rotatable bonds is 5. The molecule has 2 aromatic heterocycles. The molecule has 1 aliphatic rings. The Kier molecular flexibility index (Phi) is 4.88. The minimum Gasteiger partial charge on any atom is -0.461 e. The molecule has 0 N–H and O–H groups in total. The van der Waals surface area contributed by atoms with Gasteiger partial charge in [0.25, 0.3) is 0 Å². The van der Waals surface area contributed by atoms with Gasteiger partial charge in [-0.3, -0.25) is 9.36 Å². The summed E-state index contributed by atoms with van der Waals surface area (Å²) in [5.41, 5.74) is 3.15. The molecule has 3 heterocycles. The van der Waals surface area contributed by atoms with Crippen molar-refractivity contribution in [3.63, 3.8) is 0 Å². The number of aromatic nitrogens is 3. The molecule has 0 spiro atoms. The molecule has 150 valence electrons. The second kappa shape index (κ2) is 7.84. The second-order valence-corrected chi connectivity index (χ2v) is 8.13. The Morgan fingerprint density at radius 1 is 1.07 bits per heavy atom. The van der Waals surface area contributed by atoms with E-state index in [9.17, 15) is 4.79 Å². The van der Waals surface area contributed by atoms with Crippen molar-refractivity contribution >= 4 is 23.4 Å². The first-order valence-electron chi connectivity index (χ1n) is 9.80. The molecule has 7 heteroatoms. The van der Waals surface area contributed by atoms with E-state index in [1.807, 2.05) is 70.1 Å². The Balaban J connectivity index is 1.43. The number of carbonyl (C=O) groups is 1. The van der Waals surface area contributed by atoms with Gasteiger partial charge in [-0.25, -0.2) is 0 Å². The smallest absolute Gasteiger partial charge is 0.237 e. The third-order valence-electron chi connectivity index (χ3n) is 5.19. The highest BCUT2D eigenvalue weighted by Crippen LogP contribution is 2.33. The molecule has 1 amide bonds. The predicted octanol–water partition coefficient (Wildman–Crippen LogP) is 4.60. The second-order valence-electron chi connectivity index (χ2n) is 7.19. The number of para-hydroxylation sites is 2. The standard InChI is InChI=1S/C23H20N4O2S/c1-16-14-17-8-5-6-11-19(17)26(16)21(28)15-30-23-25-24-22(20-12-7-13-29-20)27(23)18-9-3-2-4-10-18/h2-13,16H,14-15H2,1H3/t16-/m1/s1. The lowest BCUT2D eigenvalue weighted by Crippen LogP contribution is -2.37. The number of hydrogen-bond donors (Lipinski definition) is 0. The van der Waals surface area contributed by atoms with Crippen molar-refractivity contribution in [3.05, 3.63) is 78.6 Å². The third-order valence-corrected chi connectivity index (χ3v) is 6.10. The average molecular weight is 417 g/mol. The molecular weight excluding hydrogens is 396 g/mol. The lowest BCUT2D eigenvalue weighted by molar-refractivity contribution is -0.116. The van der Waals surface area contributed by atoms with E-state index in [-0.39, 0.29) is 17.7 Å². The Hall–Kier alpha value is -3.32. The van der Waals surface area contributed by atoms with Gasteiger partial charge in [-0.15, -0.1) is 10.2 Å². The number of benzene rings is 2. The zero-order valence-corrected chi connectivity index (χ0v) is 17.2. The highest BCUT2D eigenvalue weighted by atomic mass is 32.2. The fraction of sp³-hybridized carbons (Fsp3) is 0.174. The first-order valence-corrected chi connectivity index (χ1v) is 10.8. The summed E-state index contributed by atoms with van der Waals surface area (Å²) in [6, 6.07) is 21.8. The monoisotopic (exact) mass is 416 g/mol. The first kappa shape index (κ1) is 18.7. The van der Waals surface area contributed by atoms with E-state index in [4.69, 9.17) is 4.42 Å². The number of furan rings is 1. The summed E-state index contributed by atoms with van der Waals surface area (Å²) < 4.78 is 7.48. The topological polar surface area (TPSA) is 64.2 Å². The zero-order chi connectivity index (χ0) is 20.5. The van der Waals surface area contributed by atoms with Crippen molar-refractivity contribution < 1.29 is 9.21 Å². The van der Waals surface area contributed by atoms with Crippen LogP contribution in [0.1, 0.15) is 12.5 Å². The number of hydrogen-bond acceptors (Lipinski definition) is 5. The fourth-order valence-corrected chi connectivity index (χ4v) is 4.69. The Morgan fingerprint density at radius 2 is 1.87 bits per heavy atom. The largest absolute Gasteiger partial charge is 0.461 e. The number of amides is 1. The van der Waals surface area contributed by atoms with Crippen LogP contribution in [0.2, 0.25) is 0 Å². The molecule has 30 heavy (non-hydrogen) atoms. The molecule has 6 nitrogen and oxygen atoms in total. The van der Waals surface area contributed by atoms with Crippen LogP contribution < -0.4 is 4.90 Å². The summed E-state index contributed by atoms with van der Waals surface area (Å²) in [5.74, 6) is 1.59. The predicted molar refractivity (Wildman–Crippen MR) is 117 cm³/mol. The van der Waals surface area contributed by atoms with Gasteiger partial charge in [-0.1, -0.05) is 48.2 Å². The highest BCUT2D eigenvalue weighted by molar-refractivity contribution is 7.99. The lowest BCUT2D eigenvalue weighted by atomic mass is 10.1. The normalized spacial score (nSPS) is 15.4. The molecule has 2 aromatic carbocycles. The molecule has 0 aliphatic carbocycles. The maximum absolute atomic E-state index is 13.1. The van der Waals surface area contributed by atoms with Crippen LogP contribution in [0.3, 0.4) is 0 Å². The quantitative estimate of drug-likeness (QED) is 0.445. The summed E-state index contributed by atoms with van der Waals surface area (Å²) >= 11 is 1.39. The first-order chi connectivity index (χ1) is 14.7. The molecule has 5 rings (SSSR count). The Bertz CT molecular complexity index is 1170. The van der Waals surface area contributed by atoms with Crippen molar-refractivity contribution in [2.75, 3.05) is 10.7 Å². The van der Waals surface area contributed by atoms with Gasteiger partial charge in [0.05, 0.1) is 12.0 Å². The van der Waals surface area contributed by atoms with E-state index >= 15 is 0 Å². The van der Waals surface area contributed by atoms with Crippen LogP contribution >= 0.6 is 11.8 Å². The van der Waals surface area contributed by atoms with Crippen LogP contribution in [-0.2, 0) is 11.2 Å². The summed E-state index contributed by atoms with van der Waals surface area (Å²) in [7, 11) is 0. The third kappa shape index (κ3) is 3.31. The van der Waals surface area contributed by atoms with Gasteiger partial charge >= 0.3 is 0 Å². The molecule has 0 fully saturated rings. The van der Waals surface area contributed by atoms with Gasteiger partial charge in [0, 0.05) is 17.4 Å². The van der Waals surface area contributed by atoms with E-state index in [1.165, 1.54) is 17.3 Å². The SMILES string of the molecule is C[C@@H]1Cc2ccccc2N1C(=O)CSc1nnc(-c2ccco2)n1-c1ccccc1. The van der Waals surface area contributed by atoms with Crippen LogP contribution in [0.25, 0.3) is 17.3 Å². The van der Waals surface area contributed by atoms with Gasteiger partial charge in [0.2, 0.25) is 11.7 Å². The minimum absolute atomic E-state index is 0.0691. The maximum atomic E-state index is 13.1. The highest BCUT2D eigenvalue weighted by Gasteiger charge is 2.31. The molecule has 1 atom stereocenters. The van der Waals surface area contributed by atoms with Gasteiger partial charge in [0.1, 0.15) is 0 Å². The number of carbonyl (C=O) groups excluding carboxylic acids is 1. The summed E-state index contributed by atoms with van der Waals surface area (Å²) in [4.78, 5) is 15.0. The van der Waals surface area contributed by atoms with Crippen molar-refractivity contribution in [3.8, 4) is 17.3 Å². The van der Waals surface area contributed by atoms with Gasteiger partial charge < -0.3 is 9.32 Å². The molecule has 4 aromatic rings.